The SMILES string of the molecule is CC(C)(C)c1cc(CCCCCCCCCCc2cc(C3CCCCC3)c(O)c(C(C)(C)C)c2)cc(C2CCCCC2)c1O. The van der Waals surface area contributed by atoms with E-state index in [2.05, 4.69) is 65.8 Å². The van der Waals surface area contributed by atoms with E-state index in [0.29, 0.717) is 23.3 Å². The molecular weight excluding hydrogens is 536 g/mol. The van der Waals surface area contributed by atoms with Crippen molar-refractivity contribution in [3.63, 3.8) is 0 Å². The summed E-state index contributed by atoms with van der Waals surface area (Å²) in [4.78, 5) is 0. The van der Waals surface area contributed by atoms with Crippen molar-refractivity contribution >= 4 is 0 Å². The monoisotopic (exact) mass is 603 g/mol. The van der Waals surface area contributed by atoms with Crippen molar-refractivity contribution in [1.29, 1.82) is 0 Å². The maximum Gasteiger partial charge on any atom is 0.122 e. The first-order chi connectivity index (χ1) is 20.9. The van der Waals surface area contributed by atoms with Gasteiger partial charge in [-0.2, -0.15) is 0 Å². The van der Waals surface area contributed by atoms with Crippen LogP contribution in [0.1, 0.15) is 202 Å². The lowest BCUT2D eigenvalue weighted by molar-refractivity contribution is 0.402. The highest BCUT2D eigenvalue weighted by Crippen LogP contribution is 2.44. The number of unbranched alkanes of at least 4 members (excludes halogenated alkanes) is 7. The molecule has 0 radical (unpaired) electrons. The number of aromatic hydroxyl groups is 2. The summed E-state index contributed by atoms with van der Waals surface area (Å²) < 4.78 is 0. The lowest BCUT2D eigenvalue weighted by Crippen LogP contribution is -2.15. The van der Waals surface area contributed by atoms with Gasteiger partial charge in [0.1, 0.15) is 11.5 Å². The Morgan fingerprint density at radius 2 is 0.795 bits per heavy atom. The van der Waals surface area contributed by atoms with E-state index in [1.54, 1.807) is 0 Å². The number of hydrogen-bond acceptors (Lipinski definition) is 2. The summed E-state index contributed by atoms with van der Waals surface area (Å²) in [5, 5.41) is 22.4. The Balaban J connectivity index is 1.19. The summed E-state index contributed by atoms with van der Waals surface area (Å²) >= 11 is 0. The van der Waals surface area contributed by atoms with Crippen LogP contribution in [0, 0.1) is 0 Å². The summed E-state index contributed by atoms with van der Waals surface area (Å²) in [6, 6.07) is 9.32. The Labute approximate surface area is 271 Å². The van der Waals surface area contributed by atoms with Crippen molar-refractivity contribution in [3.8, 4) is 11.5 Å². The van der Waals surface area contributed by atoms with Gasteiger partial charge in [-0.3, -0.25) is 0 Å². The van der Waals surface area contributed by atoms with Gasteiger partial charge in [-0.05, 0) is 107 Å². The highest BCUT2D eigenvalue weighted by Gasteiger charge is 2.27. The zero-order valence-electron chi connectivity index (χ0n) is 29.5. The summed E-state index contributed by atoms with van der Waals surface area (Å²) in [6.45, 7) is 13.4. The van der Waals surface area contributed by atoms with Crippen molar-refractivity contribution in [2.45, 2.75) is 193 Å². The van der Waals surface area contributed by atoms with Crippen LogP contribution in [-0.2, 0) is 23.7 Å². The van der Waals surface area contributed by atoms with Crippen molar-refractivity contribution < 1.29 is 10.2 Å². The molecule has 2 saturated carbocycles. The third kappa shape index (κ3) is 9.77. The summed E-state index contributed by atoms with van der Waals surface area (Å²) in [5.74, 6) is 2.24. The lowest BCUT2D eigenvalue weighted by Gasteiger charge is -2.28. The van der Waals surface area contributed by atoms with E-state index in [-0.39, 0.29) is 10.8 Å². The quantitative estimate of drug-likeness (QED) is 0.224. The predicted molar refractivity (Wildman–Crippen MR) is 190 cm³/mol. The van der Waals surface area contributed by atoms with Crippen LogP contribution in [0.3, 0.4) is 0 Å². The molecule has 2 nitrogen and oxygen atoms in total. The minimum absolute atomic E-state index is 0.0294. The second-order valence-electron chi connectivity index (χ2n) is 16.7. The molecule has 0 atom stereocenters. The van der Waals surface area contributed by atoms with Gasteiger partial charge in [-0.25, -0.2) is 0 Å². The van der Waals surface area contributed by atoms with Crippen LogP contribution in [0.15, 0.2) is 24.3 Å². The third-order valence-electron chi connectivity index (χ3n) is 10.8. The Morgan fingerprint density at radius 3 is 1.11 bits per heavy atom. The Hall–Kier alpha value is -1.96. The topological polar surface area (TPSA) is 40.5 Å². The second-order valence-corrected chi connectivity index (χ2v) is 16.7. The van der Waals surface area contributed by atoms with Gasteiger partial charge in [-0.15, -0.1) is 0 Å². The van der Waals surface area contributed by atoms with E-state index >= 15 is 0 Å². The predicted octanol–water partition coefficient (Wildman–Crippen LogP) is 12.7. The molecule has 2 aromatic rings. The summed E-state index contributed by atoms with van der Waals surface area (Å²) in [6.07, 6.45) is 25.5. The van der Waals surface area contributed by atoms with E-state index in [9.17, 15) is 10.2 Å². The molecule has 2 fully saturated rings. The van der Waals surface area contributed by atoms with Crippen molar-refractivity contribution in [1.82, 2.24) is 0 Å². The number of aryl methyl sites for hydroxylation is 2. The first-order valence-corrected chi connectivity index (χ1v) is 18.7. The van der Waals surface area contributed by atoms with Crippen LogP contribution in [0.5, 0.6) is 11.5 Å². The standard InChI is InChI=1S/C42H66O2/c1-41(2,3)37-29-31(27-35(39(37)43)33-23-17-13-18-24-33)21-15-11-9-7-8-10-12-16-22-32-28-36(34-25-19-14-20-26-34)40(44)38(30-32)42(4,5)6/h27-30,33-34,43-44H,7-26H2,1-6H3. The fourth-order valence-electron chi connectivity index (χ4n) is 8.04. The van der Waals surface area contributed by atoms with E-state index in [0.717, 1.165) is 24.0 Å². The Morgan fingerprint density at radius 1 is 0.477 bits per heavy atom. The van der Waals surface area contributed by atoms with Crippen LogP contribution in [0.25, 0.3) is 0 Å². The molecule has 44 heavy (non-hydrogen) atoms. The molecule has 0 unspecified atom stereocenters. The molecule has 0 saturated heterocycles. The first-order valence-electron chi connectivity index (χ1n) is 18.7. The summed E-state index contributed by atoms with van der Waals surface area (Å²) in [7, 11) is 0. The normalized spacial score (nSPS) is 17.3. The number of rotatable bonds is 13. The fraction of sp³-hybridized carbons (Fsp3) is 0.714. The van der Waals surface area contributed by atoms with Crippen molar-refractivity contribution in [2.75, 3.05) is 0 Å². The second kappa shape index (κ2) is 16.0. The molecular formula is C42H66O2. The number of benzene rings is 2. The fourth-order valence-corrected chi connectivity index (χ4v) is 8.04. The van der Waals surface area contributed by atoms with Crippen molar-refractivity contribution in [3.05, 3.63) is 57.6 Å². The highest BCUT2D eigenvalue weighted by molar-refractivity contribution is 5.50. The highest BCUT2D eigenvalue weighted by atomic mass is 16.3. The summed E-state index contributed by atoms with van der Waals surface area (Å²) in [5.41, 5.74) is 7.56. The molecule has 0 amide bonds. The molecule has 246 valence electrons. The largest absolute Gasteiger partial charge is 0.507 e. The molecule has 4 rings (SSSR count). The van der Waals surface area contributed by atoms with Crippen LogP contribution >= 0.6 is 0 Å². The number of hydrogen-bond donors (Lipinski definition) is 2. The minimum atomic E-state index is -0.0294. The molecule has 0 aromatic heterocycles. The van der Waals surface area contributed by atoms with E-state index in [1.165, 1.54) is 138 Å². The molecule has 0 bridgehead atoms. The van der Waals surface area contributed by atoms with Crippen molar-refractivity contribution in [2.24, 2.45) is 0 Å². The maximum atomic E-state index is 11.2. The van der Waals surface area contributed by atoms with Gasteiger partial charge in [0.2, 0.25) is 0 Å². The zero-order chi connectivity index (χ0) is 31.7. The van der Waals surface area contributed by atoms with E-state index in [1.807, 2.05) is 0 Å². The van der Waals surface area contributed by atoms with Crippen LogP contribution in [-0.4, -0.2) is 10.2 Å². The van der Waals surface area contributed by atoms with E-state index in [4.69, 9.17) is 0 Å². The molecule has 0 aliphatic heterocycles. The average molecular weight is 603 g/mol. The molecule has 2 aliphatic rings. The zero-order valence-corrected chi connectivity index (χ0v) is 29.5. The van der Waals surface area contributed by atoms with E-state index < -0.39 is 0 Å². The number of phenols is 2. The maximum absolute atomic E-state index is 11.2. The first kappa shape index (κ1) is 34.9. The Bertz CT molecular complexity index is 1070. The molecule has 0 spiro atoms. The minimum Gasteiger partial charge on any atom is -0.507 e. The molecule has 2 aliphatic carbocycles. The van der Waals surface area contributed by atoms with Gasteiger partial charge in [0.15, 0.2) is 0 Å². The average Bonchev–Trinajstić information content (AvgIpc) is 2.99. The number of phenolic OH excluding ortho intramolecular Hbond substituents is 2. The lowest BCUT2D eigenvalue weighted by atomic mass is 9.78. The molecule has 2 N–H and O–H groups in total. The smallest absolute Gasteiger partial charge is 0.122 e. The van der Waals surface area contributed by atoms with Crippen LogP contribution < -0.4 is 0 Å². The van der Waals surface area contributed by atoms with Gasteiger partial charge in [0.05, 0.1) is 0 Å². The van der Waals surface area contributed by atoms with Gasteiger partial charge in [0, 0.05) is 0 Å². The van der Waals surface area contributed by atoms with Gasteiger partial charge >= 0.3 is 0 Å². The Kier molecular flexibility index (Phi) is 12.7. The molecule has 0 heterocycles. The van der Waals surface area contributed by atoms with Crippen LogP contribution in [0.4, 0.5) is 0 Å². The van der Waals surface area contributed by atoms with Gasteiger partial charge < -0.3 is 10.2 Å². The van der Waals surface area contributed by atoms with Crippen LogP contribution in [0.2, 0.25) is 0 Å². The molecule has 2 heteroatoms. The van der Waals surface area contributed by atoms with Gasteiger partial charge in [-0.1, -0.05) is 143 Å². The molecule has 2 aromatic carbocycles. The van der Waals surface area contributed by atoms with Gasteiger partial charge in [0.25, 0.3) is 0 Å². The third-order valence-corrected chi connectivity index (χ3v) is 10.8.